The van der Waals surface area contributed by atoms with Gasteiger partial charge in [-0.2, -0.15) is 0 Å². The number of amides is 1. The van der Waals surface area contributed by atoms with Crippen LogP contribution in [0.25, 0.3) is 0 Å². The Hall–Kier alpha value is -0.840. The highest BCUT2D eigenvalue weighted by Crippen LogP contribution is 2.20. The molecule has 18 heavy (non-hydrogen) atoms. The summed E-state index contributed by atoms with van der Waals surface area (Å²) >= 11 is 11.6. The fourth-order valence-corrected chi connectivity index (χ4v) is 1.71. The molecule has 0 spiro atoms. The first-order valence-electron chi connectivity index (χ1n) is 5.78. The zero-order valence-corrected chi connectivity index (χ0v) is 12.0. The van der Waals surface area contributed by atoms with Crippen LogP contribution in [0.1, 0.15) is 24.2 Å². The third-order valence-corrected chi connectivity index (χ3v) is 3.11. The van der Waals surface area contributed by atoms with Crippen molar-refractivity contribution in [3.05, 3.63) is 28.0 Å². The first-order chi connectivity index (χ1) is 8.60. The van der Waals surface area contributed by atoms with Crippen molar-refractivity contribution in [2.75, 3.05) is 26.3 Å². The molecule has 0 saturated heterocycles. The molecule has 0 saturated carbocycles. The molecule has 1 aromatic rings. The van der Waals surface area contributed by atoms with E-state index < -0.39 is 0 Å². The second kappa shape index (κ2) is 7.56. The molecule has 4 nitrogen and oxygen atoms in total. The number of carbonyl (C=O) groups excluding carboxylic acids is 1. The third-order valence-electron chi connectivity index (χ3n) is 2.42. The Kier molecular flexibility index (Phi) is 6.39. The minimum atomic E-state index is -0.122. The van der Waals surface area contributed by atoms with E-state index in [9.17, 15) is 4.79 Å². The van der Waals surface area contributed by atoms with E-state index in [0.717, 1.165) is 0 Å². The average molecular weight is 291 g/mol. The Bertz CT molecular complexity index is 413. The molecule has 0 N–H and O–H groups in total. The molecule has 0 aliphatic carbocycles. The molecule has 1 amide bonds. The van der Waals surface area contributed by atoms with E-state index in [1.807, 2.05) is 13.8 Å². The van der Waals surface area contributed by atoms with Crippen LogP contribution in [0.3, 0.4) is 0 Å². The van der Waals surface area contributed by atoms with Gasteiger partial charge in [0.1, 0.15) is 5.15 Å². The van der Waals surface area contributed by atoms with Gasteiger partial charge < -0.3 is 9.64 Å². The Morgan fingerprint density at radius 3 is 2.72 bits per heavy atom. The smallest absolute Gasteiger partial charge is 0.255 e. The molecule has 6 heteroatoms. The highest BCUT2D eigenvalue weighted by Gasteiger charge is 2.15. The van der Waals surface area contributed by atoms with Gasteiger partial charge in [-0.3, -0.25) is 4.79 Å². The summed E-state index contributed by atoms with van der Waals surface area (Å²) in [5.41, 5.74) is 0.433. The first kappa shape index (κ1) is 15.2. The third kappa shape index (κ3) is 4.12. The molecule has 1 heterocycles. The standard InChI is InChI=1S/C12H16Cl2N2O2/c1-3-16(5-6-18-4-2)12(17)9-7-10(13)11(14)15-8-9/h7-8H,3-6H2,1-2H3. The highest BCUT2D eigenvalue weighted by molar-refractivity contribution is 6.41. The maximum absolute atomic E-state index is 12.2. The van der Waals surface area contributed by atoms with Crippen LogP contribution in [0.15, 0.2) is 12.3 Å². The van der Waals surface area contributed by atoms with E-state index >= 15 is 0 Å². The summed E-state index contributed by atoms with van der Waals surface area (Å²) in [7, 11) is 0. The molecule has 0 aliphatic heterocycles. The van der Waals surface area contributed by atoms with Gasteiger partial charge in [-0.15, -0.1) is 0 Å². The molecule has 0 aliphatic rings. The van der Waals surface area contributed by atoms with Crippen LogP contribution in [-0.4, -0.2) is 42.1 Å². The number of ether oxygens (including phenoxy) is 1. The van der Waals surface area contributed by atoms with Crippen LogP contribution in [0.2, 0.25) is 10.2 Å². The number of hydrogen-bond acceptors (Lipinski definition) is 3. The lowest BCUT2D eigenvalue weighted by molar-refractivity contribution is 0.0669. The van der Waals surface area contributed by atoms with E-state index in [1.54, 1.807) is 4.90 Å². The molecular formula is C12H16Cl2N2O2. The zero-order chi connectivity index (χ0) is 13.5. The molecule has 0 fully saturated rings. The highest BCUT2D eigenvalue weighted by atomic mass is 35.5. The quantitative estimate of drug-likeness (QED) is 0.598. The fourth-order valence-electron chi connectivity index (χ4n) is 1.44. The lowest BCUT2D eigenvalue weighted by Crippen LogP contribution is -2.34. The van der Waals surface area contributed by atoms with Crippen LogP contribution in [0.5, 0.6) is 0 Å². The Morgan fingerprint density at radius 2 is 2.17 bits per heavy atom. The van der Waals surface area contributed by atoms with Crippen molar-refractivity contribution >= 4 is 29.1 Å². The van der Waals surface area contributed by atoms with Gasteiger partial charge in [-0.1, -0.05) is 23.2 Å². The number of pyridine rings is 1. The first-order valence-corrected chi connectivity index (χ1v) is 6.53. The Balaban J connectivity index is 2.73. The second-order valence-electron chi connectivity index (χ2n) is 3.58. The van der Waals surface area contributed by atoms with Gasteiger partial charge in [0.05, 0.1) is 17.2 Å². The second-order valence-corrected chi connectivity index (χ2v) is 4.34. The van der Waals surface area contributed by atoms with E-state index in [-0.39, 0.29) is 16.1 Å². The van der Waals surface area contributed by atoms with Gasteiger partial charge in [0.15, 0.2) is 0 Å². The number of nitrogens with zero attached hydrogens (tertiary/aromatic N) is 2. The van der Waals surface area contributed by atoms with Crippen molar-refractivity contribution in [2.24, 2.45) is 0 Å². The van der Waals surface area contributed by atoms with Crippen LogP contribution in [-0.2, 0) is 4.74 Å². The summed E-state index contributed by atoms with van der Waals surface area (Å²) in [5.74, 6) is -0.122. The summed E-state index contributed by atoms with van der Waals surface area (Å²) in [4.78, 5) is 17.7. The van der Waals surface area contributed by atoms with Crippen LogP contribution < -0.4 is 0 Å². The predicted octanol–water partition coefficient (Wildman–Crippen LogP) is 2.89. The predicted molar refractivity (Wildman–Crippen MR) is 72.3 cm³/mol. The van der Waals surface area contributed by atoms with Crippen LogP contribution in [0, 0.1) is 0 Å². The van der Waals surface area contributed by atoms with Crippen LogP contribution in [0.4, 0.5) is 0 Å². The number of likely N-dealkylation sites (N-methyl/N-ethyl adjacent to an activating group) is 1. The molecule has 0 radical (unpaired) electrons. The Labute approximate surface area is 117 Å². The van der Waals surface area contributed by atoms with Gasteiger partial charge >= 0.3 is 0 Å². The molecular weight excluding hydrogens is 275 g/mol. The number of rotatable bonds is 6. The summed E-state index contributed by atoms with van der Waals surface area (Å²) in [5, 5.41) is 0.481. The van der Waals surface area contributed by atoms with Crippen molar-refractivity contribution in [3.63, 3.8) is 0 Å². The van der Waals surface area contributed by atoms with E-state index in [0.29, 0.717) is 31.9 Å². The van der Waals surface area contributed by atoms with Crippen molar-refractivity contribution in [1.82, 2.24) is 9.88 Å². The largest absolute Gasteiger partial charge is 0.380 e. The lowest BCUT2D eigenvalue weighted by atomic mass is 10.2. The zero-order valence-electron chi connectivity index (χ0n) is 10.4. The van der Waals surface area contributed by atoms with Gasteiger partial charge in [0, 0.05) is 25.9 Å². The number of carbonyl (C=O) groups is 1. The van der Waals surface area contributed by atoms with Crippen molar-refractivity contribution < 1.29 is 9.53 Å². The SMILES string of the molecule is CCOCCN(CC)C(=O)c1cnc(Cl)c(Cl)c1. The molecule has 0 bridgehead atoms. The fraction of sp³-hybridized carbons (Fsp3) is 0.500. The summed E-state index contributed by atoms with van der Waals surface area (Å²) < 4.78 is 5.24. The van der Waals surface area contributed by atoms with E-state index in [2.05, 4.69) is 4.98 Å². The minimum absolute atomic E-state index is 0.122. The molecule has 1 aromatic heterocycles. The maximum atomic E-state index is 12.2. The number of halogens is 2. The molecule has 0 atom stereocenters. The summed E-state index contributed by atoms with van der Waals surface area (Å²) in [6.07, 6.45) is 1.43. The molecule has 100 valence electrons. The average Bonchev–Trinajstić information content (AvgIpc) is 2.37. The monoisotopic (exact) mass is 290 g/mol. The van der Waals surface area contributed by atoms with Gasteiger partial charge in [-0.05, 0) is 19.9 Å². The molecule has 0 aromatic carbocycles. The molecule has 1 rings (SSSR count). The van der Waals surface area contributed by atoms with Crippen LogP contribution >= 0.6 is 23.2 Å². The normalized spacial score (nSPS) is 10.4. The maximum Gasteiger partial charge on any atom is 0.255 e. The van der Waals surface area contributed by atoms with Crippen molar-refractivity contribution in [1.29, 1.82) is 0 Å². The summed E-state index contributed by atoms with van der Waals surface area (Å²) in [6, 6.07) is 1.53. The number of aromatic nitrogens is 1. The summed E-state index contributed by atoms with van der Waals surface area (Å²) in [6.45, 7) is 6.14. The number of hydrogen-bond donors (Lipinski definition) is 0. The van der Waals surface area contributed by atoms with Crippen molar-refractivity contribution in [3.8, 4) is 0 Å². The van der Waals surface area contributed by atoms with E-state index in [4.69, 9.17) is 27.9 Å². The molecule has 0 unspecified atom stereocenters. The minimum Gasteiger partial charge on any atom is -0.380 e. The van der Waals surface area contributed by atoms with E-state index in [1.165, 1.54) is 12.3 Å². The van der Waals surface area contributed by atoms with Gasteiger partial charge in [-0.25, -0.2) is 4.98 Å². The topological polar surface area (TPSA) is 42.4 Å². The Morgan fingerprint density at radius 1 is 1.44 bits per heavy atom. The van der Waals surface area contributed by atoms with Gasteiger partial charge in [0.2, 0.25) is 0 Å². The van der Waals surface area contributed by atoms with Crippen molar-refractivity contribution in [2.45, 2.75) is 13.8 Å². The lowest BCUT2D eigenvalue weighted by Gasteiger charge is -2.20. The van der Waals surface area contributed by atoms with Gasteiger partial charge in [0.25, 0.3) is 5.91 Å².